The molecule has 0 aliphatic heterocycles. The van der Waals surface area contributed by atoms with Crippen molar-refractivity contribution in [1.29, 1.82) is 0 Å². The molecule has 1 aromatic carbocycles. The molecule has 2 rings (SSSR count). The number of ether oxygens (including phenoxy) is 1. The third-order valence-corrected chi connectivity index (χ3v) is 2.99. The molecule has 1 aromatic heterocycles. The fraction of sp³-hybridized carbons (Fsp3) is 0.250. The average molecular weight is 328 g/mol. The van der Waals surface area contributed by atoms with Gasteiger partial charge in [-0.1, -0.05) is 12.1 Å². The van der Waals surface area contributed by atoms with Crippen LogP contribution in [0, 0.1) is 3.57 Å². The average Bonchev–Trinajstić information content (AvgIpc) is 2.75. The Kier molecular flexibility index (Phi) is 3.95. The molecular formula is C12H13IN2O. The molecule has 0 amide bonds. The maximum Gasteiger partial charge on any atom is 0.0658 e. The van der Waals surface area contributed by atoms with Crippen molar-refractivity contribution in [3.63, 3.8) is 0 Å². The Labute approximate surface area is 109 Å². The van der Waals surface area contributed by atoms with Crippen LogP contribution < -0.4 is 0 Å². The number of rotatable bonds is 4. The SMILES string of the molecule is COCCn1cc(-c2cccc(I)c2)cn1. The zero-order valence-electron chi connectivity index (χ0n) is 9.06. The van der Waals surface area contributed by atoms with Crippen molar-refractivity contribution in [2.24, 2.45) is 0 Å². The third kappa shape index (κ3) is 2.82. The van der Waals surface area contributed by atoms with Gasteiger partial charge in [0.05, 0.1) is 19.3 Å². The monoisotopic (exact) mass is 328 g/mol. The van der Waals surface area contributed by atoms with Gasteiger partial charge in [-0.25, -0.2) is 0 Å². The molecule has 0 N–H and O–H groups in total. The Morgan fingerprint density at radius 1 is 1.38 bits per heavy atom. The second kappa shape index (κ2) is 5.45. The summed E-state index contributed by atoms with van der Waals surface area (Å²) >= 11 is 2.31. The Hall–Kier alpha value is -0.880. The standard InChI is InChI=1S/C12H13IN2O/c1-16-6-5-15-9-11(8-14-15)10-3-2-4-12(13)7-10/h2-4,7-9H,5-6H2,1H3. The smallest absolute Gasteiger partial charge is 0.0658 e. The third-order valence-electron chi connectivity index (χ3n) is 2.32. The summed E-state index contributed by atoms with van der Waals surface area (Å²) in [5.74, 6) is 0. The molecular weight excluding hydrogens is 315 g/mol. The van der Waals surface area contributed by atoms with Crippen molar-refractivity contribution < 1.29 is 4.74 Å². The highest BCUT2D eigenvalue weighted by Gasteiger charge is 2.01. The van der Waals surface area contributed by atoms with Crippen LogP contribution in [0.2, 0.25) is 0 Å². The second-order valence-corrected chi connectivity index (χ2v) is 4.74. The van der Waals surface area contributed by atoms with Gasteiger partial charge in [-0.3, -0.25) is 4.68 Å². The Balaban J connectivity index is 2.18. The van der Waals surface area contributed by atoms with Gasteiger partial charge < -0.3 is 4.74 Å². The highest BCUT2D eigenvalue weighted by Crippen LogP contribution is 2.20. The van der Waals surface area contributed by atoms with E-state index in [2.05, 4.69) is 52.0 Å². The summed E-state index contributed by atoms with van der Waals surface area (Å²) in [6, 6.07) is 8.39. The van der Waals surface area contributed by atoms with Crippen LogP contribution >= 0.6 is 22.6 Å². The molecule has 16 heavy (non-hydrogen) atoms. The van der Waals surface area contributed by atoms with Gasteiger partial charge in [-0.05, 0) is 40.3 Å². The number of benzene rings is 1. The minimum absolute atomic E-state index is 0.688. The van der Waals surface area contributed by atoms with Gasteiger partial charge in [0, 0.05) is 22.4 Å². The first-order valence-electron chi connectivity index (χ1n) is 5.07. The summed E-state index contributed by atoms with van der Waals surface area (Å²) in [7, 11) is 1.70. The predicted octanol–water partition coefficient (Wildman–Crippen LogP) is 2.80. The van der Waals surface area contributed by atoms with Gasteiger partial charge >= 0.3 is 0 Å². The molecule has 2 aromatic rings. The van der Waals surface area contributed by atoms with Gasteiger partial charge in [0.1, 0.15) is 0 Å². The molecule has 0 unspecified atom stereocenters. The van der Waals surface area contributed by atoms with Crippen LogP contribution in [0.5, 0.6) is 0 Å². The van der Waals surface area contributed by atoms with E-state index in [1.54, 1.807) is 7.11 Å². The highest BCUT2D eigenvalue weighted by atomic mass is 127. The van der Waals surface area contributed by atoms with Gasteiger partial charge in [-0.15, -0.1) is 0 Å². The second-order valence-electron chi connectivity index (χ2n) is 3.50. The quantitative estimate of drug-likeness (QED) is 0.807. The number of halogens is 1. The van der Waals surface area contributed by atoms with E-state index in [-0.39, 0.29) is 0 Å². The maximum atomic E-state index is 5.02. The minimum Gasteiger partial charge on any atom is -0.383 e. The molecule has 0 atom stereocenters. The van der Waals surface area contributed by atoms with Crippen LogP contribution in [-0.4, -0.2) is 23.5 Å². The molecule has 0 saturated carbocycles. The Bertz CT molecular complexity index is 468. The van der Waals surface area contributed by atoms with Crippen LogP contribution in [0.3, 0.4) is 0 Å². The van der Waals surface area contributed by atoms with Crippen LogP contribution in [0.4, 0.5) is 0 Å². The lowest BCUT2D eigenvalue weighted by molar-refractivity contribution is 0.183. The first-order valence-corrected chi connectivity index (χ1v) is 6.15. The van der Waals surface area contributed by atoms with Crippen molar-refractivity contribution in [3.8, 4) is 11.1 Å². The minimum atomic E-state index is 0.688. The van der Waals surface area contributed by atoms with E-state index < -0.39 is 0 Å². The molecule has 0 spiro atoms. The van der Waals surface area contributed by atoms with Crippen molar-refractivity contribution in [2.75, 3.05) is 13.7 Å². The number of nitrogens with zero attached hydrogens (tertiary/aromatic N) is 2. The summed E-state index contributed by atoms with van der Waals surface area (Å²) < 4.78 is 8.16. The highest BCUT2D eigenvalue weighted by molar-refractivity contribution is 14.1. The van der Waals surface area contributed by atoms with E-state index in [1.807, 2.05) is 17.1 Å². The summed E-state index contributed by atoms with van der Waals surface area (Å²) in [6.45, 7) is 1.48. The number of hydrogen-bond donors (Lipinski definition) is 0. The van der Waals surface area contributed by atoms with Gasteiger partial charge in [0.25, 0.3) is 0 Å². The lowest BCUT2D eigenvalue weighted by atomic mass is 10.1. The van der Waals surface area contributed by atoms with E-state index >= 15 is 0 Å². The van der Waals surface area contributed by atoms with Crippen molar-refractivity contribution in [1.82, 2.24) is 9.78 Å². The molecule has 0 aliphatic carbocycles. The first kappa shape index (κ1) is 11.6. The fourth-order valence-corrected chi connectivity index (χ4v) is 2.03. The summed E-state index contributed by atoms with van der Waals surface area (Å²) in [6.07, 6.45) is 3.94. The van der Waals surface area contributed by atoms with Crippen LogP contribution in [0.15, 0.2) is 36.7 Å². The molecule has 1 heterocycles. The van der Waals surface area contributed by atoms with E-state index in [1.165, 1.54) is 9.13 Å². The van der Waals surface area contributed by atoms with Gasteiger partial charge in [-0.2, -0.15) is 5.10 Å². The Morgan fingerprint density at radius 2 is 2.25 bits per heavy atom. The first-order chi connectivity index (χ1) is 7.79. The van der Waals surface area contributed by atoms with E-state index in [4.69, 9.17) is 4.74 Å². The lowest BCUT2D eigenvalue weighted by Crippen LogP contribution is -2.03. The lowest BCUT2D eigenvalue weighted by Gasteiger charge is -1.99. The van der Waals surface area contributed by atoms with Crippen LogP contribution in [0.1, 0.15) is 0 Å². The zero-order valence-corrected chi connectivity index (χ0v) is 11.2. The summed E-state index contributed by atoms with van der Waals surface area (Å²) in [4.78, 5) is 0. The van der Waals surface area contributed by atoms with Crippen molar-refractivity contribution >= 4 is 22.6 Å². The normalized spacial score (nSPS) is 10.6. The largest absolute Gasteiger partial charge is 0.383 e. The van der Waals surface area contributed by atoms with Crippen molar-refractivity contribution in [3.05, 3.63) is 40.2 Å². The Morgan fingerprint density at radius 3 is 3.00 bits per heavy atom. The molecule has 0 fully saturated rings. The summed E-state index contributed by atoms with van der Waals surface area (Å²) in [5, 5.41) is 4.29. The fourth-order valence-electron chi connectivity index (χ4n) is 1.49. The van der Waals surface area contributed by atoms with Crippen LogP contribution in [-0.2, 0) is 11.3 Å². The molecule has 0 bridgehead atoms. The van der Waals surface area contributed by atoms with E-state index in [0.717, 1.165) is 12.1 Å². The topological polar surface area (TPSA) is 27.1 Å². The molecule has 4 heteroatoms. The van der Waals surface area contributed by atoms with Crippen LogP contribution in [0.25, 0.3) is 11.1 Å². The predicted molar refractivity (Wildman–Crippen MR) is 72.3 cm³/mol. The van der Waals surface area contributed by atoms with Crippen molar-refractivity contribution in [2.45, 2.75) is 6.54 Å². The molecule has 0 saturated heterocycles. The van der Waals surface area contributed by atoms with E-state index in [9.17, 15) is 0 Å². The number of hydrogen-bond acceptors (Lipinski definition) is 2. The van der Waals surface area contributed by atoms with Gasteiger partial charge in [0.15, 0.2) is 0 Å². The number of methoxy groups -OCH3 is 1. The maximum absolute atomic E-state index is 5.02. The molecule has 3 nitrogen and oxygen atoms in total. The zero-order chi connectivity index (χ0) is 11.4. The molecule has 84 valence electrons. The number of aromatic nitrogens is 2. The summed E-state index contributed by atoms with van der Waals surface area (Å²) in [5.41, 5.74) is 2.35. The van der Waals surface area contributed by atoms with Gasteiger partial charge in [0.2, 0.25) is 0 Å². The molecule has 0 radical (unpaired) electrons. The van der Waals surface area contributed by atoms with E-state index in [0.29, 0.717) is 6.61 Å². The molecule has 0 aliphatic rings.